The number of halogens is 1. The first-order chi connectivity index (χ1) is 11.8. The van der Waals surface area contributed by atoms with E-state index in [-0.39, 0.29) is 35.9 Å². The smallest absolute Gasteiger partial charge is 0.188 e. The Bertz CT molecular complexity index is 533. The van der Waals surface area contributed by atoms with Crippen LogP contribution in [0.1, 0.15) is 44.2 Å². The molecule has 0 aromatic carbocycles. The van der Waals surface area contributed by atoms with Crippen molar-refractivity contribution in [3.63, 3.8) is 0 Å². The molecule has 2 heterocycles. The Morgan fingerprint density at radius 2 is 2.08 bits per heavy atom. The quantitative estimate of drug-likeness (QED) is 0.401. The molecule has 2 fully saturated rings. The molecule has 7 heteroatoms. The fourth-order valence-electron chi connectivity index (χ4n) is 3.36. The van der Waals surface area contributed by atoms with E-state index in [1.807, 2.05) is 18.2 Å². The lowest BCUT2D eigenvalue weighted by atomic mass is 10.1. The van der Waals surface area contributed by atoms with Crippen LogP contribution in [-0.4, -0.2) is 42.5 Å². The van der Waals surface area contributed by atoms with Crippen molar-refractivity contribution in [3.8, 4) is 0 Å². The standard InChI is InChI=1S/C18H28N4O2.HI/c19-17(21-12-8-15-7-3-6-11-20-15)22-13-16-14-23-18(24-16)9-4-1-2-5-10-18;/h3,6-7,11,16H,1-2,4-5,8-10,12-14H2,(H3,19,21,22);1H. The molecule has 0 amide bonds. The lowest BCUT2D eigenvalue weighted by Crippen LogP contribution is -2.35. The second-order valence-electron chi connectivity index (χ2n) is 6.60. The van der Waals surface area contributed by atoms with Crippen molar-refractivity contribution in [3.05, 3.63) is 30.1 Å². The highest BCUT2D eigenvalue weighted by Gasteiger charge is 2.41. The molecule has 140 valence electrons. The van der Waals surface area contributed by atoms with Gasteiger partial charge in [0.05, 0.1) is 13.2 Å². The van der Waals surface area contributed by atoms with Gasteiger partial charge in [-0.25, -0.2) is 0 Å². The summed E-state index contributed by atoms with van der Waals surface area (Å²) in [7, 11) is 0. The molecule has 2 aliphatic rings. The Morgan fingerprint density at radius 3 is 2.80 bits per heavy atom. The van der Waals surface area contributed by atoms with Crippen molar-refractivity contribution in [2.45, 2.75) is 56.8 Å². The van der Waals surface area contributed by atoms with E-state index in [0.29, 0.717) is 19.1 Å². The molecule has 6 nitrogen and oxygen atoms in total. The third-order valence-electron chi connectivity index (χ3n) is 4.66. The Morgan fingerprint density at radius 1 is 1.28 bits per heavy atom. The summed E-state index contributed by atoms with van der Waals surface area (Å²) in [6.07, 6.45) is 9.58. The SMILES string of the molecule is I.NC(=NCC1COC2(CCCCCC2)O1)NCCc1ccccn1. The third kappa shape index (κ3) is 6.38. The molecule has 0 radical (unpaired) electrons. The highest BCUT2D eigenvalue weighted by atomic mass is 127. The van der Waals surface area contributed by atoms with Crippen LogP contribution in [0.4, 0.5) is 0 Å². The van der Waals surface area contributed by atoms with Gasteiger partial charge in [0.1, 0.15) is 6.10 Å². The van der Waals surface area contributed by atoms with Gasteiger partial charge < -0.3 is 20.5 Å². The monoisotopic (exact) mass is 460 g/mol. The minimum absolute atomic E-state index is 0. The van der Waals surface area contributed by atoms with Gasteiger partial charge in [-0.15, -0.1) is 24.0 Å². The first-order valence-electron chi connectivity index (χ1n) is 9.01. The largest absolute Gasteiger partial charge is 0.370 e. The van der Waals surface area contributed by atoms with Gasteiger partial charge in [-0.05, 0) is 25.0 Å². The summed E-state index contributed by atoms with van der Waals surface area (Å²) in [5, 5.41) is 3.13. The van der Waals surface area contributed by atoms with Crippen LogP contribution in [0.15, 0.2) is 29.4 Å². The highest BCUT2D eigenvalue weighted by molar-refractivity contribution is 14.0. The van der Waals surface area contributed by atoms with Crippen LogP contribution in [0.2, 0.25) is 0 Å². The number of pyridine rings is 1. The number of ether oxygens (including phenoxy) is 2. The summed E-state index contributed by atoms with van der Waals surface area (Å²) < 4.78 is 12.2. The lowest BCUT2D eigenvalue weighted by molar-refractivity contribution is -0.174. The lowest BCUT2D eigenvalue weighted by Gasteiger charge is -2.26. The Balaban J connectivity index is 0.00000225. The van der Waals surface area contributed by atoms with Crippen molar-refractivity contribution in [1.29, 1.82) is 0 Å². The van der Waals surface area contributed by atoms with Gasteiger partial charge in [-0.2, -0.15) is 0 Å². The zero-order chi connectivity index (χ0) is 16.7. The predicted molar refractivity (Wildman–Crippen MR) is 109 cm³/mol. The summed E-state index contributed by atoms with van der Waals surface area (Å²) >= 11 is 0. The number of nitrogens with one attached hydrogen (secondary N) is 1. The van der Waals surface area contributed by atoms with E-state index < -0.39 is 0 Å². The number of hydrogen-bond donors (Lipinski definition) is 2. The van der Waals surface area contributed by atoms with E-state index >= 15 is 0 Å². The van der Waals surface area contributed by atoms with Crippen molar-refractivity contribution >= 4 is 29.9 Å². The van der Waals surface area contributed by atoms with E-state index in [0.717, 1.165) is 31.5 Å². The minimum Gasteiger partial charge on any atom is -0.370 e. The number of hydrogen-bond acceptors (Lipinski definition) is 4. The number of rotatable bonds is 5. The molecule has 1 aliphatic carbocycles. The van der Waals surface area contributed by atoms with Gasteiger partial charge in [0, 0.05) is 37.7 Å². The normalized spacial score (nSPS) is 23.0. The van der Waals surface area contributed by atoms with Crippen molar-refractivity contribution in [2.24, 2.45) is 10.7 Å². The van der Waals surface area contributed by atoms with Gasteiger partial charge in [-0.1, -0.05) is 18.9 Å². The number of aliphatic imine (C=N–C) groups is 1. The molecule has 3 N–H and O–H groups in total. The van der Waals surface area contributed by atoms with Crippen molar-refractivity contribution in [1.82, 2.24) is 10.3 Å². The molecular formula is C18H29IN4O2. The molecule has 3 rings (SSSR count). The number of guanidine groups is 1. The maximum Gasteiger partial charge on any atom is 0.188 e. The van der Waals surface area contributed by atoms with Crippen LogP contribution in [-0.2, 0) is 15.9 Å². The topological polar surface area (TPSA) is 81.8 Å². The average molecular weight is 460 g/mol. The summed E-state index contributed by atoms with van der Waals surface area (Å²) in [5.41, 5.74) is 6.98. The summed E-state index contributed by atoms with van der Waals surface area (Å²) in [6.45, 7) is 1.88. The first kappa shape index (κ1) is 20.4. The molecule has 1 aromatic heterocycles. The van der Waals surface area contributed by atoms with Crippen LogP contribution in [0.25, 0.3) is 0 Å². The van der Waals surface area contributed by atoms with E-state index in [4.69, 9.17) is 15.2 Å². The van der Waals surface area contributed by atoms with Crippen LogP contribution in [0.5, 0.6) is 0 Å². The maximum atomic E-state index is 6.17. The fourth-order valence-corrected chi connectivity index (χ4v) is 3.36. The van der Waals surface area contributed by atoms with E-state index in [1.54, 1.807) is 6.20 Å². The summed E-state index contributed by atoms with van der Waals surface area (Å²) in [4.78, 5) is 8.68. The number of aromatic nitrogens is 1. The molecule has 25 heavy (non-hydrogen) atoms. The zero-order valence-electron chi connectivity index (χ0n) is 14.7. The second kappa shape index (κ2) is 10.3. The summed E-state index contributed by atoms with van der Waals surface area (Å²) in [5.74, 6) is 0.106. The fraction of sp³-hybridized carbons (Fsp3) is 0.667. The van der Waals surface area contributed by atoms with Gasteiger partial charge in [-0.3, -0.25) is 9.98 Å². The number of nitrogens with zero attached hydrogens (tertiary/aromatic N) is 2. The maximum absolute atomic E-state index is 6.17. The molecule has 1 atom stereocenters. The van der Waals surface area contributed by atoms with Crippen LogP contribution < -0.4 is 11.1 Å². The second-order valence-corrected chi connectivity index (χ2v) is 6.60. The van der Waals surface area contributed by atoms with E-state index in [1.165, 1.54) is 25.7 Å². The van der Waals surface area contributed by atoms with E-state index in [9.17, 15) is 0 Å². The van der Waals surface area contributed by atoms with Gasteiger partial charge in [0.15, 0.2) is 11.7 Å². The Kier molecular flexibility index (Phi) is 8.38. The Labute approximate surface area is 167 Å². The molecule has 1 unspecified atom stereocenters. The first-order valence-corrected chi connectivity index (χ1v) is 9.01. The molecule has 1 saturated carbocycles. The molecule has 0 bridgehead atoms. The highest BCUT2D eigenvalue weighted by Crippen LogP contribution is 2.36. The molecular weight excluding hydrogens is 431 g/mol. The Hall–Kier alpha value is -0.930. The molecule has 1 spiro atoms. The molecule has 1 aromatic rings. The molecule has 1 saturated heterocycles. The van der Waals surface area contributed by atoms with Crippen LogP contribution in [0, 0.1) is 0 Å². The van der Waals surface area contributed by atoms with E-state index in [2.05, 4.69) is 15.3 Å². The van der Waals surface area contributed by atoms with Crippen LogP contribution >= 0.6 is 24.0 Å². The third-order valence-corrected chi connectivity index (χ3v) is 4.66. The number of nitrogens with two attached hydrogens (primary N) is 1. The van der Waals surface area contributed by atoms with Crippen molar-refractivity contribution in [2.75, 3.05) is 19.7 Å². The zero-order valence-corrected chi connectivity index (χ0v) is 17.0. The van der Waals surface area contributed by atoms with Gasteiger partial charge in [0.25, 0.3) is 0 Å². The predicted octanol–water partition coefficient (Wildman–Crippen LogP) is 2.61. The van der Waals surface area contributed by atoms with Gasteiger partial charge >= 0.3 is 0 Å². The molecule has 1 aliphatic heterocycles. The van der Waals surface area contributed by atoms with Crippen molar-refractivity contribution < 1.29 is 9.47 Å². The van der Waals surface area contributed by atoms with Gasteiger partial charge in [0.2, 0.25) is 0 Å². The minimum atomic E-state index is -0.349. The van der Waals surface area contributed by atoms with Crippen LogP contribution in [0.3, 0.4) is 0 Å². The average Bonchev–Trinajstić information content (AvgIpc) is 2.85. The summed E-state index contributed by atoms with van der Waals surface area (Å²) in [6, 6.07) is 5.91.